The Morgan fingerprint density at radius 2 is 2.35 bits per heavy atom. The summed E-state index contributed by atoms with van der Waals surface area (Å²) in [5.41, 5.74) is 0.714. The zero-order valence-corrected chi connectivity index (χ0v) is 10.5. The number of nitrogens with two attached hydrogens (primary N) is 1. The SMILES string of the molecule is CCNc1ncc(C(=O)OCC)c(Cl)c1C=[NH2+]. The molecule has 0 saturated heterocycles. The molecule has 0 aliphatic heterocycles. The summed E-state index contributed by atoms with van der Waals surface area (Å²) in [6.45, 7) is 4.62. The molecule has 6 heteroatoms. The fourth-order valence-electron chi connectivity index (χ4n) is 1.32. The molecule has 1 rings (SSSR count). The number of aromatic nitrogens is 1. The van der Waals surface area contributed by atoms with E-state index in [1.807, 2.05) is 6.92 Å². The van der Waals surface area contributed by atoms with Crippen LogP contribution in [0.3, 0.4) is 0 Å². The van der Waals surface area contributed by atoms with Crippen LogP contribution < -0.4 is 10.7 Å². The minimum Gasteiger partial charge on any atom is -0.462 e. The van der Waals surface area contributed by atoms with Crippen molar-refractivity contribution < 1.29 is 14.9 Å². The average Bonchev–Trinajstić information content (AvgIpc) is 2.30. The van der Waals surface area contributed by atoms with Crippen LogP contribution in [0.15, 0.2) is 6.20 Å². The molecule has 1 aromatic heterocycles. The summed E-state index contributed by atoms with van der Waals surface area (Å²) in [5, 5.41) is 8.74. The van der Waals surface area contributed by atoms with Gasteiger partial charge >= 0.3 is 5.97 Å². The van der Waals surface area contributed by atoms with Gasteiger partial charge in [0.25, 0.3) is 0 Å². The number of nitrogens with zero attached hydrogens (tertiary/aromatic N) is 1. The van der Waals surface area contributed by atoms with Crippen LogP contribution in [0, 0.1) is 0 Å². The first-order valence-electron chi connectivity index (χ1n) is 5.30. The van der Waals surface area contributed by atoms with Crippen LogP contribution in [0.4, 0.5) is 5.82 Å². The van der Waals surface area contributed by atoms with Gasteiger partial charge in [-0.1, -0.05) is 11.6 Å². The molecule has 92 valence electrons. The molecule has 0 amide bonds. The number of anilines is 1. The van der Waals surface area contributed by atoms with E-state index in [4.69, 9.17) is 21.7 Å². The molecule has 0 bridgehead atoms. The van der Waals surface area contributed by atoms with E-state index in [-0.39, 0.29) is 17.2 Å². The normalized spacial score (nSPS) is 9.82. The summed E-state index contributed by atoms with van der Waals surface area (Å²) < 4.78 is 4.87. The zero-order chi connectivity index (χ0) is 12.8. The Hall–Kier alpha value is -1.62. The van der Waals surface area contributed by atoms with E-state index in [9.17, 15) is 4.79 Å². The highest BCUT2D eigenvalue weighted by molar-refractivity contribution is 6.36. The molecule has 0 aliphatic carbocycles. The summed E-state index contributed by atoms with van der Waals surface area (Å²) in [5.74, 6) is 0.0456. The number of carbonyl (C=O) groups excluding carboxylic acids is 1. The van der Waals surface area contributed by atoms with Gasteiger partial charge in [0.05, 0.1) is 22.8 Å². The maximum Gasteiger partial charge on any atom is 0.341 e. The second kappa shape index (κ2) is 6.20. The van der Waals surface area contributed by atoms with Gasteiger partial charge in [-0.05, 0) is 13.8 Å². The van der Waals surface area contributed by atoms with E-state index in [1.165, 1.54) is 12.4 Å². The Morgan fingerprint density at radius 3 is 2.88 bits per heavy atom. The standard InChI is InChI=1S/C11H14ClN3O2/c1-3-14-10-7(5-13)9(12)8(6-15-10)11(16)17-4-2/h5-6,13H,3-4H2,1-2H3,(H,14,15)/p+1. The summed E-state index contributed by atoms with van der Waals surface area (Å²) in [7, 11) is 0. The Morgan fingerprint density at radius 1 is 1.65 bits per heavy atom. The molecule has 0 atom stereocenters. The Labute approximate surface area is 105 Å². The van der Waals surface area contributed by atoms with Crippen molar-refractivity contribution in [2.75, 3.05) is 18.5 Å². The van der Waals surface area contributed by atoms with Gasteiger partial charge in [-0.25, -0.2) is 9.78 Å². The highest BCUT2D eigenvalue weighted by Gasteiger charge is 2.18. The third kappa shape index (κ3) is 2.94. The van der Waals surface area contributed by atoms with E-state index >= 15 is 0 Å². The third-order valence-corrected chi connectivity index (χ3v) is 2.46. The summed E-state index contributed by atoms with van der Waals surface area (Å²) in [6, 6.07) is 0. The van der Waals surface area contributed by atoms with Crippen molar-refractivity contribution in [3.63, 3.8) is 0 Å². The van der Waals surface area contributed by atoms with Crippen molar-refractivity contribution in [3.05, 3.63) is 22.3 Å². The monoisotopic (exact) mass is 256 g/mol. The number of pyridine rings is 1. The van der Waals surface area contributed by atoms with Gasteiger partial charge in [-0.3, -0.25) is 5.41 Å². The van der Waals surface area contributed by atoms with Gasteiger partial charge in [0.15, 0.2) is 6.21 Å². The van der Waals surface area contributed by atoms with Crippen molar-refractivity contribution in [1.29, 1.82) is 0 Å². The molecule has 0 saturated carbocycles. The van der Waals surface area contributed by atoms with Crippen LogP contribution in [0.2, 0.25) is 5.02 Å². The van der Waals surface area contributed by atoms with Crippen LogP contribution in [0.25, 0.3) is 0 Å². The van der Waals surface area contributed by atoms with Crippen LogP contribution in [-0.4, -0.2) is 30.3 Å². The fourth-order valence-corrected chi connectivity index (χ4v) is 1.59. The fraction of sp³-hybridized carbons (Fsp3) is 0.364. The molecule has 17 heavy (non-hydrogen) atoms. The Balaban J connectivity index is 3.19. The van der Waals surface area contributed by atoms with Crippen LogP contribution in [-0.2, 0) is 4.74 Å². The first-order chi connectivity index (χ1) is 8.15. The van der Waals surface area contributed by atoms with Crippen molar-refractivity contribution in [2.24, 2.45) is 0 Å². The lowest BCUT2D eigenvalue weighted by molar-refractivity contribution is -0.104. The lowest BCUT2D eigenvalue weighted by Gasteiger charge is -2.09. The molecule has 5 nitrogen and oxygen atoms in total. The van der Waals surface area contributed by atoms with Crippen molar-refractivity contribution >= 4 is 29.6 Å². The number of ether oxygens (including phenoxy) is 1. The molecule has 0 aromatic carbocycles. The molecule has 3 N–H and O–H groups in total. The van der Waals surface area contributed by atoms with E-state index < -0.39 is 5.97 Å². The predicted molar refractivity (Wildman–Crippen MR) is 66.5 cm³/mol. The molecular formula is C11H15ClN3O2+. The lowest BCUT2D eigenvalue weighted by atomic mass is 10.2. The second-order valence-electron chi connectivity index (χ2n) is 3.17. The van der Waals surface area contributed by atoms with Crippen LogP contribution in [0.1, 0.15) is 29.8 Å². The highest BCUT2D eigenvalue weighted by atomic mass is 35.5. The zero-order valence-electron chi connectivity index (χ0n) is 9.79. The van der Waals surface area contributed by atoms with Gasteiger partial charge in [-0.15, -0.1) is 0 Å². The average molecular weight is 257 g/mol. The number of esters is 1. The molecular weight excluding hydrogens is 242 g/mol. The molecule has 1 heterocycles. The first kappa shape index (κ1) is 13.4. The van der Waals surface area contributed by atoms with Crippen molar-refractivity contribution in [2.45, 2.75) is 13.8 Å². The van der Waals surface area contributed by atoms with Gasteiger partial charge in [-0.2, -0.15) is 0 Å². The largest absolute Gasteiger partial charge is 0.462 e. The minimum absolute atomic E-state index is 0.215. The van der Waals surface area contributed by atoms with Gasteiger partial charge in [0, 0.05) is 12.7 Å². The second-order valence-corrected chi connectivity index (χ2v) is 3.54. The first-order valence-corrected chi connectivity index (χ1v) is 5.67. The number of nitrogens with one attached hydrogen (secondary N) is 1. The highest BCUT2D eigenvalue weighted by Crippen LogP contribution is 2.24. The molecule has 0 unspecified atom stereocenters. The van der Waals surface area contributed by atoms with Crippen LogP contribution >= 0.6 is 11.6 Å². The maximum absolute atomic E-state index is 11.6. The smallest absolute Gasteiger partial charge is 0.341 e. The topological polar surface area (TPSA) is 76.8 Å². The Bertz CT molecular complexity index is 435. The van der Waals surface area contributed by atoms with Crippen molar-refractivity contribution in [1.82, 2.24) is 4.98 Å². The number of carbonyl (C=O) groups is 1. The third-order valence-electron chi connectivity index (χ3n) is 2.06. The molecule has 0 radical (unpaired) electrons. The Kier molecular flexibility index (Phi) is 4.90. The molecule has 0 fully saturated rings. The van der Waals surface area contributed by atoms with Crippen LogP contribution in [0.5, 0.6) is 0 Å². The predicted octanol–water partition coefficient (Wildman–Crippen LogP) is 0.521. The molecule has 0 spiro atoms. The van der Waals surface area contributed by atoms with E-state index in [0.29, 0.717) is 17.9 Å². The number of rotatable bonds is 5. The van der Waals surface area contributed by atoms with E-state index in [2.05, 4.69) is 10.3 Å². The summed E-state index contributed by atoms with van der Waals surface area (Å²) in [6.07, 6.45) is 2.70. The number of halogens is 1. The van der Waals surface area contributed by atoms with Gasteiger partial charge < -0.3 is 10.1 Å². The number of hydrogen-bond acceptors (Lipinski definition) is 4. The van der Waals surface area contributed by atoms with Gasteiger partial charge in [0.2, 0.25) is 0 Å². The number of hydrogen-bond donors (Lipinski definition) is 2. The lowest BCUT2D eigenvalue weighted by Crippen LogP contribution is -2.31. The van der Waals surface area contributed by atoms with E-state index in [1.54, 1.807) is 6.92 Å². The van der Waals surface area contributed by atoms with E-state index in [0.717, 1.165) is 0 Å². The molecule has 0 aliphatic rings. The van der Waals surface area contributed by atoms with Gasteiger partial charge in [0.1, 0.15) is 5.82 Å². The van der Waals surface area contributed by atoms with Crippen molar-refractivity contribution in [3.8, 4) is 0 Å². The molecule has 1 aromatic rings. The summed E-state index contributed by atoms with van der Waals surface area (Å²) in [4.78, 5) is 15.7. The minimum atomic E-state index is -0.504. The maximum atomic E-state index is 11.6. The quantitative estimate of drug-likeness (QED) is 0.595. The summed E-state index contributed by atoms with van der Waals surface area (Å²) >= 11 is 6.09.